The molecule has 0 aromatic heterocycles. The van der Waals surface area contributed by atoms with Gasteiger partial charge in [-0.1, -0.05) is 18.2 Å². The molecule has 0 aliphatic carbocycles. The molecule has 2 nitrogen and oxygen atoms in total. The fourth-order valence-electron chi connectivity index (χ4n) is 1.00. The third-order valence-corrected chi connectivity index (χ3v) is 1.69. The van der Waals surface area contributed by atoms with Gasteiger partial charge < -0.3 is 10.8 Å². The summed E-state index contributed by atoms with van der Waals surface area (Å²) in [5.41, 5.74) is 5.71. The molecule has 0 amide bonds. The van der Waals surface area contributed by atoms with Crippen LogP contribution >= 0.6 is 0 Å². The van der Waals surface area contributed by atoms with Gasteiger partial charge in [-0.3, -0.25) is 0 Å². The van der Waals surface area contributed by atoms with E-state index in [0.29, 0.717) is 5.56 Å². The van der Waals surface area contributed by atoms with Crippen molar-refractivity contribution in [1.82, 2.24) is 0 Å². The highest BCUT2D eigenvalue weighted by Crippen LogP contribution is 2.08. The van der Waals surface area contributed by atoms with Crippen LogP contribution in [0.25, 0.3) is 0 Å². The van der Waals surface area contributed by atoms with Gasteiger partial charge in [0.2, 0.25) is 0 Å². The Labute approximate surface area is 70.8 Å². The van der Waals surface area contributed by atoms with Gasteiger partial charge in [0.15, 0.2) is 0 Å². The van der Waals surface area contributed by atoms with Crippen LogP contribution in [0.3, 0.4) is 0 Å². The topological polar surface area (TPSA) is 46.2 Å². The normalized spacial score (nSPS) is 12.9. The molecule has 0 fully saturated rings. The van der Waals surface area contributed by atoms with E-state index in [1.807, 2.05) is 0 Å². The second-order valence-corrected chi connectivity index (χ2v) is 2.69. The van der Waals surface area contributed by atoms with E-state index in [2.05, 4.69) is 0 Å². The summed E-state index contributed by atoms with van der Waals surface area (Å²) in [6.45, 7) is 0.161. The van der Waals surface area contributed by atoms with Crippen LogP contribution in [0.2, 0.25) is 0 Å². The van der Waals surface area contributed by atoms with Crippen molar-refractivity contribution in [1.29, 1.82) is 0 Å². The van der Waals surface area contributed by atoms with E-state index in [4.69, 9.17) is 10.8 Å². The Morgan fingerprint density at radius 1 is 1.42 bits per heavy atom. The summed E-state index contributed by atoms with van der Waals surface area (Å²) < 4.78 is 12.9. The van der Waals surface area contributed by atoms with Crippen LogP contribution in [0.1, 0.15) is 5.56 Å². The van der Waals surface area contributed by atoms with Crippen LogP contribution in [-0.4, -0.2) is 17.8 Å². The second kappa shape index (κ2) is 4.18. The molecule has 66 valence electrons. The van der Waals surface area contributed by atoms with Gasteiger partial charge in [0.1, 0.15) is 5.82 Å². The lowest BCUT2D eigenvalue weighted by Crippen LogP contribution is -2.22. The van der Waals surface area contributed by atoms with E-state index in [1.54, 1.807) is 18.2 Å². The van der Waals surface area contributed by atoms with Crippen molar-refractivity contribution in [2.45, 2.75) is 12.5 Å². The molecule has 1 atom stereocenters. The minimum Gasteiger partial charge on any atom is -0.391 e. The molecule has 0 bridgehead atoms. The van der Waals surface area contributed by atoms with Crippen molar-refractivity contribution in [3.63, 3.8) is 0 Å². The standard InChI is InChI=1S/C9H12FNO/c10-9-4-2-1-3-7(9)5-8(12)6-11/h1-4,8,12H,5-6,11H2. The Hall–Kier alpha value is -0.930. The first-order chi connectivity index (χ1) is 5.74. The molecule has 0 radical (unpaired) electrons. The lowest BCUT2D eigenvalue weighted by Gasteiger charge is -2.07. The molecule has 1 rings (SSSR count). The molecule has 3 N–H and O–H groups in total. The summed E-state index contributed by atoms with van der Waals surface area (Å²) in [6, 6.07) is 6.38. The Bertz CT molecular complexity index is 252. The van der Waals surface area contributed by atoms with Gasteiger partial charge in [0.05, 0.1) is 6.10 Å². The predicted molar refractivity (Wildman–Crippen MR) is 45.2 cm³/mol. The van der Waals surface area contributed by atoms with Crippen LogP contribution in [0.15, 0.2) is 24.3 Å². The number of aliphatic hydroxyl groups is 1. The van der Waals surface area contributed by atoms with E-state index < -0.39 is 6.10 Å². The summed E-state index contributed by atoms with van der Waals surface area (Å²) in [5.74, 6) is -0.287. The number of rotatable bonds is 3. The Morgan fingerprint density at radius 2 is 2.08 bits per heavy atom. The molecule has 1 unspecified atom stereocenters. The molecule has 0 saturated heterocycles. The predicted octanol–water partition coefficient (Wildman–Crippen LogP) is 0.688. The smallest absolute Gasteiger partial charge is 0.126 e. The van der Waals surface area contributed by atoms with Crippen molar-refractivity contribution in [2.24, 2.45) is 5.73 Å². The number of halogens is 1. The molecule has 0 aliphatic heterocycles. The third kappa shape index (κ3) is 2.29. The van der Waals surface area contributed by atoms with Crippen LogP contribution < -0.4 is 5.73 Å². The monoisotopic (exact) mass is 169 g/mol. The van der Waals surface area contributed by atoms with Gasteiger partial charge in [-0.15, -0.1) is 0 Å². The van der Waals surface area contributed by atoms with Crippen molar-refractivity contribution in [2.75, 3.05) is 6.54 Å². The summed E-state index contributed by atoms with van der Waals surface area (Å²) in [7, 11) is 0. The first-order valence-electron chi connectivity index (χ1n) is 3.85. The van der Waals surface area contributed by atoms with E-state index in [-0.39, 0.29) is 18.8 Å². The van der Waals surface area contributed by atoms with Crippen LogP contribution in [0.4, 0.5) is 4.39 Å². The van der Waals surface area contributed by atoms with Crippen LogP contribution in [-0.2, 0) is 6.42 Å². The van der Waals surface area contributed by atoms with Crippen molar-refractivity contribution in [3.05, 3.63) is 35.6 Å². The van der Waals surface area contributed by atoms with Gasteiger partial charge in [-0.05, 0) is 11.6 Å². The van der Waals surface area contributed by atoms with Crippen LogP contribution in [0, 0.1) is 5.82 Å². The van der Waals surface area contributed by atoms with E-state index in [1.165, 1.54) is 6.07 Å². The molecule has 3 heteroatoms. The van der Waals surface area contributed by atoms with Crippen molar-refractivity contribution in [3.8, 4) is 0 Å². The lowest BCUT2D eigenvalue weighted by atomic mass is 10.1. The molecule has 0 heterocycles. The molecule has 0 spiro atoms. The second-order valence-electron chi connectivity index (χ2n) is 2.69. The highest BCUT2D eigenvalue weighted by Gasteiger charge is 2.06. The Balaban J connectivity index is 2.69. The van der Waals surface area contributed by atoms with E-state index in [0.717, 1.165) is 0 Å². The van der Waals surface area contributed by atoms with Gasteiger partial charge >= 0.3 is 0 Å². The van der Waals surface area contributed by atoms with Gasteiger partial charge in [0.25, 0.3) is 0 Å². The van der Waals surface area contributed by atoms with E-state index >= 15 is 0 Å². The molecule has 1 aromatic carbocycles. The zero-order chi connectivity index (χ0) is 8.97. The zero-order valence-electron chi connectivity index (χ0n) is 6.70. The van der Waals surface area contributed by atoms with Gasteiger partial charge in [-0.25, -0.2) is 4.39 Å². The maximum Gasteiger partial charge on any atom is 0.126 e. The highest BCUT2D eigenvalue weighted by atomic mass is 19.1. The average molecular weight is 169 g/mol. The van der Waals surface area contributed by atoms with Crippen molar-refractivity contribution >= 4 is 0 Å². The summed E-state index contributed by atoms with van der Waals surface area (Å²) in [5, 5.41) is 9.14. The number of hydrogen-bond acceptors (Lipinski definition) is 2. The summed E-state index contributed by atoms with van der Waals surface area (Å²) in [6.07, 6.45) is -0.370. The fourth-order valence-corrected chi connectivity index (χ4v) is 1.00. The Kier molecular flexibility index (Phi) is 3.19. The largest absolute Gasteiger partial charge is 0.391 e. The zero-order valence-corrected chi connectivity index (χ0v) is 6.70. The van der Waals surface area contributed by atoms with Gasteiger partial charge in [0, 0.05) is 13.0 Å². The average Bonchev–Trinajstić information content (AvgIpc) is 2.09. The third-order valence-electron chi connectivity index (χ3n) is 1.69. The summed E-state index contributed by atoms with van der Waals surface area (Å²) in [4.78, 5) is 0. The van der Waals surface area contributed by atoms with Crippen LogP contribution in [0.5, 0.6) is 0 Å². The highest BCUT2D eigenvalue weighted by molar-refractivity contribution is 5.17. The maximum absolute atomic E-state index is 12.9. The minimum absolute atomic E-state index is 0.161. The van der Waals surface area contributed by atoms with Crippen molar-refractivity contribution < 1.29 is 9.50 Å². The number of benzene rings is 1. The molecule has 0 aliphatic rings. The lowest BCUT2D eigenvalue weighted by molar-refractivity contribution is 0.182. The molecule has 12 heavy (non-hydrogen) atoms. The maximum atomic E-state index is 12.9. The molecular weight excluding hydrogens is 157 g/mol. The number of aliphatic hydroxyl groups excluding tert-OH is 1. The number of nitrogens with two attached hydrogens (primary N) is 1. The van der Waals surface area contributed by atoms with Gasteiger partial charge in [-0.2, -0.15) is 0 Å². The first-order valence-corrected chi connectivity index (χ1v) is 3.85. The minimum atomic E-state index is -0.651. The summed E-state index contributed by atoms with van der Waals surface area (Å²) >= 11 is 0. The quantitative estimate of drug-likeness (QED) is 0.699. The Morgan fingerprint density at radius 3 is 2.67 bits per heavy atom. The first kappa shape index (κ1) is 9.16. The fraction of sp³-hybridized carbons (Fsp3) is 0.333. The molecular formula is C9H12FNO. The molecule has 0 saturated carbocycles. The molecule has 1 aromatic rings. The SMILES string of the molecule is NCC(O)Cc1ccccc1F. The number of hydrogen-bond donors (Lipinski definition) is 2. The van der Waals surface area contributed by atoms with E-state index in [9.17, 15) is 4.39 Å².